The number of pyridine rings is 1. The predicted octanol–water partition coefficient (Wildman–Crippen LogP) is 7.48. The fraction of sp³-hybridized carbons (Fsp3) is 0.435. The van der Waals surface area contributed by atoms with Gasteiger partial charge >= 0.3 is 6.09 Å². The van der Waals surface area contributed by atoms with Gasteiger partial charge in [0.05, 0.1) is 20.3 Å². The lowest BCUT2D eigenvalue weighted by atomic mass is 9.75. The van der Waals surface area contributed by atoms with Gasteiger partial charge in [0.25, 0.3) is 0 Å². The van der Waals surface area contributed by atoms with Crippen LogP contribution in [0.1, 0.15) is 75.5 Å². The van der Waals surface area contributed by atoms with Crippen molar-refractivity contribution in [3.05, 3.63) is 96.0 Å². The van der Waals surface area contributed by atoms with Crippen LogP contribution in [-0.4, -0.2) is 72.1 Å². The summed E-state index contributed by atoms with van der Waals surface area (Å²) in [6.45, 7) is 4.90. The minimum absolute atomic E-state index is 0.0534. The predicted molar refractivity (Wildman–Crippen MR) is 221 cm³/mol. The van der Waals surface area contributed by atoms with Crippen LogP contribution in [0.2, 0.25) is 0 Å². The summed E-state index contributed by atoms with van der Waals surface area (Å²) in [5.41, 5.74) is 9.88. The second kappa shape index (κ2) is 16.5. The van der Waals surface area contributed by atoms with Gasteiger partial charge in [0, 0.05) is 73.4 Å². The molecule has 2 aromatic carbocycles. The number of hydrogen-bond donors (Lipinski definition) is 2. The van der Waals surface area contributed by atoms with E-state index in [4.69, 9.17) is 19.5 Å². The van der Waals surface area contributed by atoms with Gasteiger partial charge in [0.15, 0.2) is 0 Å². The van der Waals surface area contributed by atoms with E-state index < -0.39 is 12.1 Å². The van der Waals surface area contributed by atoms with Crippen molar-refractivity contribution >= 4 is 40.5 Å². The average Bonchev–Trinajstić information content (AvgIpc) is 4.10. The van der Waals surface area contributed by atoms with E-state index >= 15 is 0 Å². The summed E-state index contributed by atoms with van der Waals surface area (Å²) in [5, 5.41) is 5.93. The fourth-order valence-electron chi connectivity index (χ4n) is 9.85. The molecule has 2 N–H and O–H groups in total. The zero-order chi connectivity index (χ0) is 39.6. The summed E-state index contributed by atoms with van der Waals surface area (Å²) in [6, 6.07) is 20.4. The number of carbonyl (C=O) groups excluding carboxylic acids is 3. The number of aromatic nitrogens is 1. The molecular weight excluding hydrogens is 717 g/mol. The number of fused-ring (bicyclic) bond motifs is 2. The van der Waals surface area contributed by atoms with E-state index in [1.165, 1.54) is 19.1 Å². The van der Waals surface area contributed by atoms with Gasteiger partial charge in [-0.1, -0.05) is 68.4 Å². The minimum Gasteiger partial charge on any atom is -0.481 e. The van der Waals surface area contributed by atoms with E-state index in [9.17, 15) is 14.4 Å². The first-order chi connectivity index (χ1) is 27.7. The largest absolute Gasteiger partial charge is 0.481 e. The molecule has 3 aliphatic heterocycles. The highest BCUT2D eigenvalue weighted by Crippen LogP contribution is 2.54. The topological polar surface area (TPSA) is 135 Å². The van der Waals surface area contributed by atoms with Crippen molar-refractivity contribution < 1.29 is 23.9 Å². The molecule has 0 radical (unpaired) electrons. The third-order valence-corrected chi connectivity index (χ3v) is 12.8. The number of rotatable bonds is 12. The SMILES string of the molecule is COC(=O)N[C@H](C(=O)N1CCC[C@H]1C1=NC=C(c2ccc(-c3ccc(C4=CN=C([C@H]5C6CCC(C6)[C@@H]5C(=O)NCc5cccnc5OC)C4)cc3)cc2)C1)C(C)C. The maximum atomic E-state index is 13.7. The monoisotopic (exact) mass is 768 g/mol. The number of ether oxygens (including phenoxy) is 2. The summed E-state index contributed by atoms with van der Waals surface area (Å²) >= 11 is 0. The molecule has 0 spiro atoms. The van der Waals surface area contributed by atoms with Crippen molar-refractivity contribution in [3.63, 3.8) is 0 Å². The first-order valence-electron chi connectivity index (χ1n) is 20.3. The summed E-state index contributed by atoms with van der Waals surface area (Å²) in [4.78, 5) is 55.2. The van der Waals surface area contributed by atoms with Crippen LogP contribution < -0.4 is 15.4 Å². The molecule has 6 atom stereocenters. The molecule has 3 fully saturated rings. The van der Waals surface area contributed by atoms with Crippen LogP contribution in [0.4, 0.5) is 4.79 Å². The molecule has 3 amide bonds. The number of nitrogens with zero attached hydrogens (tertiary/aromatic N) is 4. The minimum atomic E-state index is -0.649. The Balaban J connectivity index is 0.862. The van der Waals surface area contributed by atoms with Gasteiger partial charge in [-0.3, -0.25) is 19.6 Å². The first-order valence-corrected chi connectivity index (χ1v) is 20.3. The van der Waals surface area contributed by atoms with Crippen molar-refractivity contribution in [3.8, 4) is 17.0 Å². The second-order valence-corrected chi connectivity index (χ2v) is 16.4. The molecule has 2 bridgehead atoms. The quantitative estimate of drug-likeness (QED) is 0.196. The number of amides is 3. The Morgan fingerprint density at radius 3 is 2.11 bits per heavy atom. The summed E-state index contributed by atoms with van der Waals surface area (Å²) < 4.78 is 10.2. The Kier molecular flexibility index (Phi) is 11.1. The zero-order valence-corrected chi connectivity index (χ0v) is 33.2. The molecule has 8 rings (SSSR count). The number of carbonyl (C=O) groups is 3. The van der Waals surface area contributed by atoms with Crippen LogP contribution in [0.3, 0.4) is 0 Å². The maximum Gasteiger partial charge on any atom is 0.407 e. The first kappa shape index (κ1) is 38.3. The molecule has 1 saturated heterocycles. The molecule has 3 aromatic rings. The molecule has 1 aromatic heterocycles. The normalized spacial score (nSPS) is 24.2. The van der Waals surface area contributed by atoms with Gasteiger partial charge in [-0.15, -0.1) is 0 Å². The number of alkyl carbamates (subject to hydrolysis) is 1. The van der Waals surface area contributed by atoms with Gasteiger partial charge in [0.1, 0.15) is 6.04 Å². The fourth-order valence-corrected chi connectivity index (χ4v) is 9.85. The Hall–Kier alpha value is -5.58. The summed E-state index contributed by atoms with van der Waals surface area (Å²) in [5.74, 6) is 1.53. The zero-order valence-electron chi connectivity index (χ0n) is 33.2. The molecule has 5 aliphatic rings. The van der Waals surface area contributed by atoms with E-state index in [1.807, 2.05) is 43.3 Å². The lowest BCUT2D eigenvalue weighted by molar-refractivity contribution is -0.134. The molecule has 11 heteroatoms. The van der Waals surface area contributed by atoms with Crippen molar-refractivity contribution in [2.75, 3.05) is 20.8 Å². The van der Waals surface area contributed by atoms with Gasteiger partial charge in [-0.05, 0) is 89.3 Å². The van der Waals surface area contributed by atoms with E-state index in [0.717, 1.165) is 76.9 Å². The van der Waals surface area contributed by atoms with Crippen molar-refractivity contribution in [1.29, 1.82) is 0 Å². The Labute approximate surface area is 334 Å². The van der Waals surface area contributed by atoms with Crippen LogP contribution in [0.5, 0.6) is 5.88 Å². The highest BCUT2D eigenvalue weighted by atomic mass is 16.5. The summed E-state index contributed by atoms with van der Waals surface area (Å²) in [7, 11) is 2.91. The smallest absolute Gasteiger partial charge is 0.407 e. The molecule has 11 nitrogen and oxygen atoms in total. The van der Waals surface area contributed by atoms with Crippen LogP contribution in [-0.2, 0) is 20.9 Å². The van der Waals surface area contributed by atoms with E-state index in [1.54, 1.807) is 13.3 Å². The second-order valence-electron chi connectivity index (χ2n) is 16.4. The highest BCUT2D eigenvalue weighted by molar-refractivity contribution is 6.04. The van der Waals surface area contributed by atoms with Crippen molar-refractivity contribution in [1.82, 2.24) is 20.5 Å². The third kappa shape index (κ3) is 7.76. The van der Waals surface area contributed by atoms with Crippen LogP contribution in [0.15, 0.2) is 89.2 Å². The average molecular weight is 769 g/mol. The Morgan fingerprint density at radius 1 is 0.825 bits per heavy atom. The van der Waals surface area contributed by atoms with Crippen LogP contribution in [0.25, 0.3) is 22.3 Å². The number of likely N-dealkylation sites (tertiary alicyclic amines) is 1. The highest BCUT2D eigenvalue weighted by Gasteiger charge is 2.52. The molecule has 2 saturated carbocycles. The van der Waals surface area contributed by atoms with Crippen LogP contribution in [0, 0.1) is 29.6 Å². The number of hydrogen-bond acceptors (Lipinski definition) is 8. The number of aliphatic imine (C=N–C) groups is 2. The number of benzene rings is 2. The molecular formula is C46H52N6O5. The molecule has 57 heavy (non-hydrogen) atoms. The Morgan fingerprint density at radius 2 is 1.46 bits per heavy atom. The lowest BCUT2D eigenvalue weighted by Gasteiger charge is -2.31. The van der Waals surface area contributed by atoms with E-state index in [-0.39, 0.29) is 35.6 Å². The van der Waals surface area contributed by atoms with Crippen LogP contribution >= 0.6 is 0 Å². The number of allylic oxidation sites excluding steroid dienone is 2. The van der Waals surface area contributed by atoms with Crippen molar-refractivity contribution in [2.45, 2.75) is 77.4 Å². The van der Waals surface area contributed by atoms with Gasteiger partial charge in [-0.2, -0.15) is 0 Å². The van der Waals surface area contributed by atoms with Gasteiger partial charge in [-0.25, -0.2) is 9.78 Å². The molecule has 2 unspecified atom stereocenters. The van der Waals surface area contributed by atoms with E-state index in [2.05, 4.69) is 64.1 Å². The Bertz CT molecular complexity index is 2140. The maximum absolute atomic E-state index is 13.7. The third-order valence-electron chi connectivity index (χ3n) is 12.8. The molecule has 296 valence electrons. The van der Waals surface area contributed by atoms with Gasteiger partial charge < -0.3 is 25.0 Å². The van der Waals surface area contributed by atoms with Crippen molar-refractivity contribution in [2.24, 2.45) is 39.6 Å². The number of nitrogens with one attached hydrogen (secondary N) is 2. The lowest BCUT2D eigenvalue weighted by Crippen LogP contribution is -2.53. The number of methoxy groups -OCH3 is 2. The van der Waals surface area contributed by atoms with E-state index in [0.29, 0.717) is 37.2 Å². The standard InChI is InChI=1S/C46H52N6O5/c1-27(2)42(51-46(55)57-4)45(54)52-20-6-8-39(52)37-22-35(25-48-37)30-13-9-28(10-14-30)29-11-15-31(16-12-29)36-23-38(49-26-36)40-32-17-18-33(21-32)41(40)43(53)50-24-34-7-5-19-47-44(34)56-3/h5,7,9-16,19,25-27,32-33,39-42H,6,8,17-18,20-24H2,1-4H3,(H,50,53)(H,51,55)/t32?,33?,39-,40+,41-,42-/m0/s1. The molecule has 4 heterocycles. The van der Waals surface area contributed by atoms with Gasteiger partial charge in [0.2, 0.25) is 17.7 Å². The molecule has 2 aliphatic carbocycles. The summed E-state index contributed by atoms with van der Waals surface area (Å²) in [6.07, 6.45) is 11.6.